The maximum absolute atomic E-state index is 10.2. The lowest BCUT2D eigenvalue weighted by Gasteiger charge is -1.91. The zero-order chi connectivity index (χ0) is 8.43. The number of pyridine rings is 1. The van der Waals surface area contributed by atoms with Crippen molar-refractivity contribution in [3.8, 4) is 0 Å². The Labute approximate surface area is 79.0 Å². The van der Waals surface area contributed by atoms with Crippen LogP contribution >= 0.6 is 31.9 Å². The van der Waals surface area contributed by atoms with Crippen molar-refractivity contribution in [3.05, 3.63) is 31.3 Å². The highest BCUT2D eigenvalue weighted by molar-refractivity contribution is 9.11. The number of nitrogens with zero attached hydrogens (tertiary/aromatic N) is 2. The van der Waals surface area contributed by atoms with Crippen molar-refractivity contribution >= 4 is 37.7 Å². The maximum Gasteiger partial charge on any atom is 0.365 e. The third-order valence-corrected chi connectivity index (χ3v) is 1.80. The van der Waals surface area contributed by atoms with Crippen LogP contribution in [-0.4, -0.2) is 9.91 Å². The lowest BCUT2D eigenvalue weighted by molar-refractivity contribution is -0.389. The van der Waals surface area contributed by atoms with Gasteiger partial charge in [0.05, 0.1) is 6.07 Å². The summed E-state index contributed by atoms with van der Waals surface area (Å²) >= 11 is 6.14. The fourth-order valence-electron chi connectivity index (χ4n) is 0.546. The topological polar surface area (TPSA) is 56.0 Å². The summed E-state index contributed by atoms with van der Waals surface area (Å²) in [4.78, 5) is 13.3. The van der Waals surface area contributed by atoms with Gasteiger partial charge in [-0.05, 0) is 9.91 Å². The van der Waals surface area contributed by atoms with Crippen molar-refractivity contribution in [2.24, 2.45) is 0 Å². The number of halogens is 2. The Bertz CT molecular complexity index is 282. The summed E-state index contributed by atoms with van der Waals surface area (Å²) in [6.07, 6.45) is 0. The van der Waals surface area contributed by atoms with Gasteiger partial charge in [0.2, 0.25) is 4.60 Å². The van der Waals surface area contributed by atoms with Gasteiger partial charge in [0.15, 0.2) is 0 Å². The van der Waals surface area contributed by atoms with Crippen LogP contribution in [0.2, 0.25) is 0 Å². The summed E-state index contributed by atoms with van der Waals surface area (Å²) in [7, 11) is 0. The molecule has 0 aliphatic carbocycles. The number of hydrogen-bond donors (Lipinski definition) is 0. The van der Waals surface area contributed by atoms with Gasteiger partial charge in [0.25, 0.3) is 0 Å². The van der Waals surface area contributed by atoms with Crippen molar-refractivity contribution in [2.45, 2.75) is 0 Å². The quantitative estimate of drug-likeness (QED) is 0.451. The Hall–Kier alpha value is -0.490. The van der Waals surface area contributed by atoms with Gasteiger partial charge in [-0.15, -0.1) is 0 Å². The summed E-state index contributed by atoms with van der Waals surface area (Å²) in [6, 6.07) is 2.97. The molecule has 0 unspecified atom stereocenters. The van der Waals surface area contributed by atoms with Crippen molar-refractivity contribution in [2.75, 3.05) is 0 Å². The van der Waals surface area contributed by atoms with Gasteiger partial charge < -0.3 is 10.1 Å². The van der Waals surface area contributed by atoms with E-state index in [0.29, 0.717) is 9.08 Å². The van der Waals surface area contributed by atoms with Crippen molar-refractivity contribution < 1.29 is 4.92 Å². The molecule has 0 saturated heterocycles. The molecule has 0 radical (unpaired) electrons. The van der Waals surface area contributed by atoms with Gasteiger partial charge in [0, 0.05) is 26.5 Å². The smallest absolute Gasteiger partial charge is 0.358 e. The van der Waals surface area contributed by atoms with Crippen LogP contribution in [0.25, 0.3) is 0 Å². The Morgan fingerprint density at radius 3 is 2.55 bits per heavy atom. The Morgan fingerprint density at radius 2 is 2.09 bits per heavy atom. The van der Waals surface area contributed by atoms with Crippen LogP contribution < -0.4 is 0 Å². The van der Waals surface area contributed by atoms with Crippen molar-refractivity contribution in [3.63, 3.8) is 0 Å². The second kappa shape index (κ2) is 3.27. The summed E-state index contributed by atoms with van der Waals surface area (Å²) in [5.41, 5.74) is 0. The molecule has 0 saturated carbocycles. The second-order valence-corrected chi connectivity index (χ2v) is 3.45. The first-order chi connectivity index (χ1) is 5.09. The molecule has 0 fully saturated rings. The van der Waals surface area contributed by atoms with E-state index in [0.717, 1.165) is 0 Å². The SMILES string of the molecule is O=[N+]([O-])c1cc(Br)cc(Br)n1. The molecule has 1 heterocycles. The third kappa shape index (κ3) is 2.23. The molecule has 0 N–H and O–H groups in total. The van der Waals surface area contributed by atoms with Crippen LogP contribution in [0.15, 0.2) is 21.2 Å². The molecule has 1 aromatic rings. The van der Waals surface area contributed by atoms with E-state index in [1.54, 1.807) is 6.07 Å². The van der Waals surface area contributed by atoms with Crippen LogP contribution in [-0.2, 0) is 0 Å². The monoisotopic (exact) mass is 280 g/mol. The first-order valence-corrected chi connectivity index (χ1v) is 4.15. The molecule has 0 amide bonds. The minimum atomic E-state index is -0.546. The Kier molecular flexibility index (Phi) is 2.56. The summed E-state index contributed by atoms with van der Waals surface area (Å²) in [5, 5.41) is 10.2. The minimum absolute atomic E-state index is 0.175. The van der Waals surface area contributed by atoms with Crippen LogP contribution in [0.1, 0.15) is 0 Å². The molecule has 0 atom stereocenters. The molecule has 0 aliphatic heterocycles. The Balaban J connectivity index is 3.19. The molecule has 4 nitrogen and oxygen atoms in total. The van der Waals surface area contributed by atoms with Crippen molar-refractivity contribution in [1.82, 2.24) is 4.98 Å². The molecule has 0 bridgehead atoms. The molecular formula is C5H2Br2N2O2. The maximum atomic E-state index is 10.2. The average Bonchev–Trinajstić information content (AvgIpc) is 1.85. The van der Waals surface area contributed by atoms with E-state index in [2.05, 4.69) is 36.8 Å². The van der Waals surface area contributed by atoms with E-state index in [1.807, 2.05) is 0 Å². The summed E-state index contributed by atoms with van der Waals surface area (Å²) < 4.78 is 1.07. The van der Waals surface area contributed by atoms with Crippen LogP contribution in [0.3, 0.4) is 0 Å². The van der Waals surface area contributed by atoms with E-state index in [4.69, 9.17) is 0 Å². The highest BCUT2D eigenvalue weighted by atomic mass is 79.9. The van der Waals surface area contributed by atoms with Gasteiger partial charge in [0.1, 0.15) is 0 Å². The lowest BCUT2D eigenvalue weighted by Crippen LogP contribution is -1.91. The summed E-state index contributed by atoms with van der Waals surface area (Å²) in [6.45, 7) is 0. The first kappa shape index (κ1) is 8.61. The molecular weight excluding hydrogens is 280 g/mol. The Morgan fingerprint density at radius 1 is 1.45 bits per heavy atom. The van der Waals surface area contributed by atoms with Crippen LogP contribution in [0, 0.1) is 10.1 Å². The first-order valence-electron chi connectivity index (χ1n) is 2.57. The highest BCUT2D eigenvalue weighted by Gasteiger charge is 2.09. The van der Waals surface area contributed by atoms with Crippen LogP contribution in [0.4, 0.5) is 5.82 Å². The molecule has 0 aliphatic rings. The van der Waals surface area contributed by atoms with Gasteiger partial charge in [-0.25, -0.2) is 0 Å². The molecule has 0 spiro atoms. The number of rotatable bonds is 1. The average molecular weight is 282 g/mol. The van der Waals surface area contributed by atoms with E-state index in [9.17, 15) is 10.1 Å². The van der Waals surface area contributed by atoms with E-state index in [1.165, 1.54) is 6.07 Å². The highest BCUT2D eigenvalue weighted by Crippen LogP contribution is 2.20. The van der Waals surface area contributed by atoms with Gasteiger partial charge in [-0.2, -0.15) is 0 Å². The molecule has 1 rings (SSSR count). The van der Waals surface area contributed by atoms with E-state index >= 15 is 0 Å². The van der Waals surface area contributed by atoms with Crippen LogP contribution in [0.5, 0.6) is 0 Å². The molecule has 1 aromatic heterocycles. The fraction of sp³-hybridized carbons (Fsp3) is 0. The fourth-order valence-corrected chi connectivity index (χ4v) is 1.70. The van der Waals surface area contributed by atoms with Gasteiger partial charge in [-0.3, -0.25) is 0 Å². The normalized spacial score (nSPS) is 9.64. The van der Waals surface area contributed by atoms with E-state index in [-0.39, 0.29) is 5.82 Å². The zero-order valence-corrected chi connectivity index (χ0v) is 8.29. The van der Waals surface area contributed by atoms with E-state index < -0.39 is 4.92 Å². The second-order valence-electron chi connectivity index (χ2n) is 1.72. The zero-order valence-electron chi connectivity index (χ0n) is 5.12. The molecule has 11 heavy (non-hydrogen) atoms. The number of nitro groups is 1. The summed E-state index contributed by atoms with van der Waals surface area (Å²) in [5.74, 6) is -0.175. The number of aromatic nitrogens is 1. The molecule has 0 aromatic carbocycles. The van der Waals surface area contributed by atoms with Gasteiger partial charge in [-0.1, -0.05) is 15.9 Å². The van der Waals surface area contributed by atoms with Crippen molar-refractivity contribution in [1.29, 1.82) is 0 Å². The molecule has 6 heteroatoms. The lowest BCUT2D eigenvalue weighted by atomic mass is 10.5. The molecule has 58 valence electrons. The number of hydrogen-bond acceptors (Lipinski definition) is 3. The third-order valence-electron chi connectivity index (χ3n) is 0.932. The largest absolute Gasteiger partial charge is 0.365 e. The predicted molar refractivity (Wildman–Crippen MR) is 46.3 cm³/mol. The standard InChI is InChI=1S/C5H2Br2N2O2/c6-3-1-4(7)8-5(2-3)9(10)11/h1-2H. The minimum Gasteiger partial charge on any atom is -0.358 e. The van der Waals surface area contributed by atoms with Gasteiger partial charge >= 0.3 is 5.82 Å². The predicted octanol–water partition coefficient (Wildman–Crippen LogP) is 2.51.